The van der Waals surface area contributed by atoms with Gasteiger partial charge in [-0.15, -0.1) is 0 Å². The van der Waals surface area contributed by atoms with E-state index in [1.165, 1.54) is 13.2 Å². The molecule has 0 aliphatic heterocycles. The van der Waals surface area contributed by atoms with Crippen molar-refractivity contribution in [3.05, 3.63) is 23.3 Å². The van der Waals surface area contributed by atoms with Crippen molar-refractivity contribution in [3.63, 3.8) is 0 Å². The van der Waals surface area contributed by atoms with Gasteiger partial charge in [0.05, 0.1) is 12.7 Å². The Hall–Kier alpha value is -3.17. The molecule has 0 unspecified atom stereocenters. The van der Waals surface area contributed by atoms with Crippen molar-refractivity contribution in [1.82, 2.24) is 0 Å². The second kappa shape index (κ2) is 5.25. The van der Waals surface area contributed by atoms with E-state index in [9.17, 15) is 10.2 Å². The number of nitrogens with zero attached hydrogens (tertiary/aromatic N) is 3. The Morgan fingerprint density at radius 1 is 1.11 bits per heavy atom. The smallest absolute Gasteiger partial charge is 0.200 e. The summed E-state index contributed by atoms with van der Waals surface area (Å²) in [5.41, 5.74) is -0.471. The summed E-state index contributed by atoms with van der Waals surface area (Å²) in [6, 6.07) is 7.20. The molecule has 88 valence electrons. The lowest BCUT2D eigenvalue weighted by atomic mass is 10.0. The standard InChI is InChI=1S/C12H7N3O3/c1-18-11-3-7(2-10(16)12(11)17)9(6-15)8(4-13)5-14/h2-3,16-17H,1H3. The van der Waals surface area contributed by atoms with Gasteiger partial charge in [0.25, 0.3) is 0 Å². The molecule has 0 bridgehead atoms. The van der Waals surface area contributed by atoms with E-state index in [2.05, 4.69) is 0 Å². The van der Waals surface area contributed by atoms with Crippen LogP contribution < -0.4 is 4.74 Å². The van der Waals surface area contributed by atoms with Gasteiger partial charge in [0.15, 0.2) is 11.5 Å². The fourth-order valence-electron chi connectivity index (χ4n) is 1.29. The van der Waals surface area contributed by atoms with E-state index in [-0.39, 0.29) is 22.5 Å². The van der Waals surface area contributed by atoms with E-state index < -0.39 is 11.5 Å². The molecule has 1 aromatic carbocycles. The Balaban J connectivity index is 3.59. The summed E-state index contributed by atoms with van der Waals surface area (Å²) in [7, 11) is 1.27. The van der Waals surface area contributed by atoms with Crippen molar-refractivity contribution in [3.8, 4) is 35.5 Å². The molecule has 0 saturated heterocycles. The van der Waals surface area contributed by atoms with E-state index >= 15 is 0 Å². The van der Waals surface area contributed by atoms with Crippen molar-refractivity contribution in [2.45, 2.75) is 0 Å². The normalized spacial score (nSPS) is 8.56. The molecule has 0 spiro atoms. The molecule has 0 aliphatic carbocycles. The first-order valence-corrected chi connectivity index (χ1v) is 4.64. The molecule has 0 heterocycles. The maximum Gasteiger partial charge on any atom is 0.200 e. The second-order valence-electron chi connectivity index (χ2n) is 3.13. The predicted octanol–water partition coefficient (Wildman–Crippen LogP) is 1.43. The summed E-state index contributed by atoms with van der Waals surface area (Å²) in [5, 5.41) is 45.3. The zero-order chi connectivity index (χ0) is 13.7. The molecule has 18 heavy (non-hydrogen) atoms. The molecule has 0 radical (unpaired) electrons. The minimum absolute atomic E-state index is 0.0621. The van der Waals surface area contributed by atoms with Crippen LogP contribution in [0.15, 0.2) is 17.7 Å². The highest BCUT2D eigenvalue weighted by molar-refractivity contribution is 5.85. The third-order valence-corrected chi connectivity index (χ3v) is 2.15. The van der Waals surface area contributed by atoms with Crippen LogP contribution in [0, 0.1) is 34.0 Å². The average Bonchev–Trinajstić information content (AvgIpc) is 2.39. The number of ether oxygens (including phenoxy) is 1. The van der Waals surface area contributed by atoms with Crippen LogP contribution in [0.5, 0.6) is 17.2 Å². The number of rotatable bonds is 2. The SMILES string of the molecule is COc1cc(C(C#N)=C(C#N)C#N)cc(O)c1O. The molecule has 2 N–H and O–H groups in total. The summed E-state index contributed by atoms with van der Waals surface area (Å²) < 4.78 is 4.80. The molecule has 6 nitrogen and oxygen atoms in total. The van der Waals surface area contributed by atoms with E-state index in [0.29, 0.717) is 0 Å². The van der Waals surface area contributed by atoms with E-state index in [4.69, 9.17) is 20.5 Å². The minimum atomic E-state index is -0.507. The van der Waals surface area contributed by atoms with Crippen molar-refractivity contribution >= 4 is 5.57 Å². The van der Waals surface area contributed by atoms with Crippen LogP contribution in [0.4, 0.5) is 0 Å². The summed E-state index contributed by atoms with van der Waals surface area (Å²) in [6.07, 6.45) is 0. The van der Waals surface area contributed by atoms with Gasteiger partial charge in [0, 0.05) is 5.56 Å². The van der Waals surface area contributed by atoms with Gasteiger partial charge < -0.3 is 14.9 Å². The molecule has 0 fully saturated rings. The highest BCUT2D eigenvalue weighted by Gasteiger charge is 2.15. The van der Waals surface area contributed by atoms with Crippen molar-refractivity contribution in [2.75, 3.05) is 7.11 Å². The largest absolute Gasteiger partial charge is 0.504 e. The molecule has 1 rings (SSSR count). The first kappa shape index (κ1) is 12.9. The number of allylic oxidation sites excluding steroid dienone is 2. The van der Waals surface area contributed by atoms with Crippen molar-refractivity contribution in [1.29, 1.82) is 15.8 Å². The molecule has 1 aromatic rings. The minimum Gasteiger partial charge on any atom is -0.504 e. The summed E-state index contributed by atoms with van der Waals surface area (Å²) in [4.78, 5) is 0. The summed E-state index contributed by atoms with van der Waals surface area (Å²) >= 11 is 0. The average molecular weight is 241 g/mol. The Bertz CT molecular complexity index is 626. The van der Waals surface area contributed by atoms with E-state index in [1.54, 1.807) is 18.2 Å². The third kappa shape index (κ3) is 2.16. The third-order valence-electron chi connectivity index (χ3n) is 2.15. The second-order valence-corrected chi connectivity index (χ2v) is 3.13. The predicted molar refractivity (Wildman–Crippen MR) is 60.1 cm³/mol. The van der Waals surface area contributed by atoms with Crippen LogP contribution in [0.2, 0.25) is 0 Å². The molecule has 0 amide bonds. The Morgan fingerprint density at radius 3 is 2.17 bits per heavy atom. The zero-order valence-corrected chi connectivity index (χ0v) is 9.30. The molecule has 0 aliphatic rings. The van der Waals surface area contributed by atoms with Crippen LogP contribution in [-0.4, -0.2) is 17.3 Å². The number of hydrogen-bond acceptors (Lipinski definition) is 6. The topological polar surface area (TPSA) is 121 Å². The van der Waals surface area contributed by atoms with E-state index in [1.807, 2.05) is 0 Å². The fourth-order valence-corrected chi connectivity index (χ4v) is 1.29. The zero-order valence-electron chi connectivity index (χ0n) is 9.30. The number of nitriles is 3. The van der Waals surface area contributed by atoms with E-state index in [0.717, 1.165) is 6.07 Å². The number of benzene rings is 1. The summed E-state index contributed by atoms with van der Waals surface area (Å²) in [5.74, 6) is -1.05. The van der Waals surface area contributed by atoms with Crippen LogP contribution in [0.25, 0.3) is 5.57 Å². The van der Waals surface area contributed by atoms with Crippen LogP contribution >= 0.6 is 0 Å². The van der Waals surface area contributed by atoms with Gasteiger partial charge in [-0.1, -0.05) is 0 Å². The van der Waals surface area contributed by atoms with Gasteiger partial charge in [0.2, 0.25) is 5.75 Å². The van der Waals surface area contributed by atoms with Gasteiger partial charge in [-0.2, -0.15) is 15.8 Å². The fraction of sp³-hybridized carbons (Fsp3) is 0.0833. The molecule has 0 atom stereocenters. The summed E-state index contributed by atoms with van der Waals surface area (Å²) in [6.45, 7) is 0. The number of hydrogen-bond donors (Lipinski definition) is 2. The van der Waals surface area contributed by atoms with Gasteiger partial charge in [-0.25, -0.2) is 0 Å². The quantitative estimate of drug-likeness (QED) is 0.596. The monoisotopic (exact) mass is 241 g/mol. The molecule has 0 saturated carbocycles. The Kier molecular flexibility index (Phi) is 3.76. The number of phenolic OH excluding ortho intramolecular Hbond substituents is 2. The van der Waals surface area contributed by atoms with Crippen LogP contribution in [0.3, 0.4) is 0 Å². The molecule has 6 heteroatoms. The highest BCUT2D eigenvalue weighted by Crippen LogP contribution is 2.38. The molecular weight excluding hydrogens is 234 g/mol. The van der Waals surface area contributed by atoms with Gasteiger partial charge in [-0.3, -0.25) is 0 Å². The first-order chi connectivity index (χ1) is 8.58. The van der Waals surface area contributed by atoms with Crippen LogP contribution in [0.1, 0.15) is 5.56 Å². The van der Waals surface area contributed by atoms with Gasteiger partial charge in [0.1, 0.15) is 23.8 Å². The highest BCUT2D eigenvalue weighted by atomic mass is 16.5. The van der Waals surface area contributed by atoms with Crippen LogP contribution in [-0.2, 0) is 0 Å². The number of methoxy groups -OCH3 is 1. The Labute approximate surface area is 103 Å². The van der Waals surface area contributed by atoms with Gasteiger partial charge >= 0.3 is 0 Å². The number of aromatic hydroxyl groups is 2. The maximum absolute atomic E-state index is 9.46. The molecule has 0 aromatic heterocycles. The van der Waals surface area contributed by atoms with Gasteiger partial charge in [-0.05, 0) is 12.1 Å². The Morgan fingerprint density at radius 2 is 1.72 bits per heavy atom. The lowest BCUT2D eigenvalue weighted by Gasteiger charge is -2.07. The first-order valence-electron chi connectivity index (χ1n) is 4.64. The lowest BCUT2D eigenvalue weighted by Crippen LogP contribution is -1.90. The lowest BCUT2D eigenvalue weighted by molar-refractivity contribution is 0.351. The van der Waals surface area contributed by atoms with Crippen molar-refractivity contribution in [2.24, 2.45) is 0 Å². The molecular formula is C12H7N3O3. The van der Waals surface area contributed by atoms with Crippen molar-refractivity contribution < 1.29 is 14.9 Å². The maximum atomic E-state index is 9.46. The number of phenols is 2.